The molecule has 16 heavy (non-hydrogen) atoms. The summed E-state index contributed by atoms with van der Waals surface area (Å²) in [7, 11) is 0. The van der Waals surface area contributed by atoms with E-state index in [2.05, 4.69) is 19.2 Å². The maximum atomic E-state index is 13.6. The zero-order valence-corrected chi connectivity index (χ0v) is 10.4. The van der Waals surface area contributed by atoms with Crippen molar-refractivity contribution in [2.45, 2.75) is 39.8 Å². The smallest absolute Gasteiger partial charge is 0.165 e. The number of ether oxygens (including phenoxy) is 1. The minimum atomic E-state index is -0.295. The second-order valence-electron chi connectivity index (χ2n) is 4.17. The Bertz CT molecular complexity index is 339. The van der Waals surface area contributed by atoms with Crippen LogP contribution in [0.25, 0.3) is 0 Å². The molecule has 0 aromatic heterocycles. The van der Waals surface area contributed by atoms with Crippen LogP contribution in [-0.4, -0.2) is 12.6 Å². The van der Waals surface area contributed by atoms with Crippen molar-refractivity contribution >= 4 is 0 Å². The van der Waals surface area contributed by atoms with Crippen LogP contribution < -0.4 is 10.1 Å². The molecule has 0 saturated heterocycles. The van der Waals surface area contributed by atoms with Gasteiger partial charge in [0.1, 0.15) is 0 Å². The second-order valence-corrected chi connectivity index (χ2v) is 4.17. The number of hydrogen-bond donors (Lipinski definition) is 1. The van der Waals surface area contributed by atoms with Gasteiger partial charge in [0.15, 0.2) is 11.6 Å². The van der Waals surface area contributed by atoms with E-state index in [1.165, 1.54) is 6.07 Å². The lowest BCUT2D eigenvalue weighted by atomic mass is 10.1. The van der Waals surface area contributed by atoms with Gasteiger partial charge in [-0.2, -0.15) is 0 Å². The van der Waals surface area contributed by atoms with Gasteiger partial charge in [-0.3, -0.25) is 0 Å². The lowest BCUT2D eigenvalue weighted by Gasteiger charge is -2.17. The van der Waals surface area contributed by atoms with Gasteiger partial charge < -0.3 is 10.1 Å². The largest absolute Gasteiger partial charge is 0.491 e. The fourth-order valence-corrected chi connectivity index (χ4v) is 1.66. The Balaban J connectivity index is 2.79. The average molecular weight is 225 g/mol. The highest BCUT2D eigenvalue weighted by Gasteiger charge is 2.10. The minimum Gasteiger partial charge on any atom is -0.491 e. The van der Waals surface area contributed by atoms with E-state index in [9.17, 15) is 4.39 Å². The van der Waals surface area contributed by atoms with Crippen molar-refractivity contribution in [1.82, 2.24) is 5.32 Å². The maximum Gasteiger partial charge on any atom is 0.165 e. The van der Waals surface area contributed by atoms with E-state index in [0.717, 1.165) is 5.56 Å². The van der Waals surface area contributed by atoms with Crippen LogP contribution in [0.4, 0.5) is 4.39 Å². The van der Waals surface area contributed by atoms with Gasteiger partial charge in [-0.25, -0.2) is 4.39 Å². The number of halogens is 1. The van der Waals surface area contributed by atoms with Crippen LogP contribution in [0.3, 0.4) is 0 Å². The van der Waals surface area contributed by atoms with Gasteiger partial charge in [0, 0.05) is 12.1 Å². The third-order valence-electron chi connectivity index (χ3n) is 2.34. The van der Waals surface area contributed by atoms with E-state index in [0.29, 0.717) is 18.4 Å². The molecule has 0 aliphatic heterocycles. The molecule has 2 nitrogen and oxygen atoms in total. The molecule has 0 saturated carbocycles. The van der Waals surface area contributed by atoms with Crippen LogP contribution >= 0.6 is 0 Å². The van der Waals surface area contributed by atoms with E-state index < -0.39 is 0 Å². The minimum absolute atomic E-state index is 0.144. The van der Waals surface area contributed by atoms with Crippen LogP contribution in [0.1, 0.15) is 39.3 Å². The first-order valence-electron chi connectivity index (χ1n) is 5.72. The standard InChI is InChI=1S/C13H20FNO/c1-5-16-13-7-6-11(8-12(13)14)10(4)15-9(2)3/h6-10,15H,5H2,1-4H3/t10-/m0/s1. The highest BCUT2D eigenvalue weighted by atomic mass is 19.1. The SMILES string of the molecule is CCOc1ccc([C@H](C)NC(C)C)cc1F. The normalized spacial score (nSPS) is 12.9. The third kappa shape index (κ3) is 3.49. The number of rotatable bonds is 5. The predicted octanol–water partition coefficient (Wildman–Crippen LogP) is 3.28. The van der Waals surface area contributed by atoms with E-state index in [-0.39, 0.29) is 11.9 Å². The molecule has 1 aromatic rings. The Morgan fingerprint density at radius 2 is 2.00 bits per heavy atom. The van der Waals surface area contributed by atoms with E-state index in [4.69, 9.17) is 4.74 Å². The Labute approximate surface area is 96.8 Å². The molecule has 1 aromatic carbocycles. The van der Waals surface area contributed by atoms with Gasteiger partial charge in [0.25, 0.3) is 0 Å². The van der Waals surface area contributed by atoms with E-state index in [1.807, 2.05) is 19.9 Å². The van der Waals surface area contributed by atoms with Crippen LogP contribution in [0.15, 0.2) is 18.2 Å². The summed E-state index contributed by atoms with van der Waals surface area (Å²) >= 11 is 0. The Hall–Kier alpha value is -1.09. The molecule has 0 bridgehead atoms. The summed E-state index contributed by atoms with van der Waals surface area (Å²) in [5.74, 6) is 0.0275. The third-order valence-corrected chi connectivity index (χ3v) is 2.34. The van der Waals surface area contributed by atoms with Gasteiger partial charge in [0.05, 0.1) is 6.61 Å². The molecule has 1 rings (SSSR count). The van der Waals surface area contributed by atoms with Gasteiger partial charge in [0.2, 0.25) is 0 Å². The molecular weight excluding hydrogens is 205 g/mol. The summed E-state index contributed by atoms with van der Waals surface area (Å²) in [5.41, 5.74) is 0.939. The van der Waals surface area contributed by atoms with Crippen LogP contribution in [-0.2, 0) is 0 Å². The zero-order valence-electron chi connectivity index (χ0n) is 10.4. The number of hydrogen-bond acceptors (Lipinski definition) is 2. The molecule has 1 atom stereocenters. The molecule has 3 heteroatoms. The first kappa shape index (κ1) is 13.0. The Morgan fingerprint density at radius 1 is 1.31 bits per heavy atom. The van der Waals surface area contributed by atoms with Crippen molar-refractivity contribution in [3.8, 4) is 5.75 Å². The summed E-state index contributed by atoms with van der Waals surface area (Å²) < 4.78 is 18.7. The summed E-state index contributed by atoms with van der Waals surface area (Å²) in [5, 5.41) is 3.33. The lowest BCUT2D eigenvalue weighted by molar-refractivity contribution is 0.321. The molecule has 0 aliphatic carbocycles. The Morgan fingerprint density at radius 3 is 2.50 bits per heavy atom. The van der Waals surface area contributed by atoms with E-state index >= 15 is 0 Å². The van der Waals surface area contributed by atoms with Crippen molar-refractivity contribution < 1.29 is 9.13 Å². The summed E-state index contributed by atoms with van der Waals surface area (Å²) in [6.45, 7) is 8.49. The molecule has 0 spiro atoms. The monoisotopic (exact) mass is 225 g/mol. The van der Waals surface area contributed by atoms with Crippen molar-refractivity contribution in [2.24, 2.45) is 0 Å². The summed E-state index contributed by atoms with van der Waals surface area (Å²) in [6.07, 6.45) is 0. The average Bonchev–Trinajstić information content (AvgIpc) is 2.20. The summed E-state index contributed by atoms with van der Waals surface area (Å²) in [4.78, 5) is 0. The van der Waals surface area contributed by atoms with E-state index in [1.54, 1.807) is 6.07 Å². The van der Waals surface area contributed by atoms with Crippen molar-refractivity contribution in [3.63, 3.8) is 0 Å². The van der Waals surface area contributed by atoms with Gasteiger partial charge in [-0.05, 0) is 31.5 Å². The predicted molar refractivity (Wildman–Crippen MR) is 64.3 cm³/mol. The first-order valence-corrected chi connectivity index (χ1v) is 5.72. The molecule has 0 radical (unpaired) electrons. The van der Waals surface area contributed by atoms with Crippen molar-refractivity contribution in [1.29, 1.82) is 0 Å². The molecule has 0 amide bonds. The fourth-order valence-electron chi connectivity index (χ4n) is 1.66. The fraction of sp³-hybridized carbons (Fsp3) is 0.538. The zero-order chi connectivity index (χ0) is 12.1. The first-order chi connectivity index (χ1) is 7.54. The number of benzene rings is 1. The molecule has 0 aliphatic rings. The van der Waals surface area contributed by atoms with Crippen molar-refractivity contribution in [3.05, 3.63) is 29.6 Å². The highest BCUT2D eigenvalue weighted by molar-refractivity contribution is 5.30. The molecule has 90 valence electrons. The van der Waals surface area contributed by atoms with Gasteiger partial charge >= 0.3 is 0 Å². The lowest BCUT2D eigenvalue weighted by Crippen LogP contribution is -2.26. The van der Waals surface area contributed by atoms with Crippen molar-refractivity contribution in [2.75, 3.05) is 6.61 Å². The van der Waals surface area contributed by atoms with Gasteiger partial charge in [-0.15, -0.1) is 0 Å². The molecule has 0 fully saturated rings. The number of nitrogens with one attached hydrogen (secondary N) is 1. The van der Waals surface area contributed by atoms with Gasteiger partial charge in [-0.1, -0.05) is 19.9 Å². The topological polar surface area (TPSA) is 21.3 Å². The van der Waals surface area contributed by atoms with Crippen LogP contribution in [0, 0.1) is 5.82 Å². The second kappa shape index (κ2) is 5.85. The Kier molecular flexibility index (Phi) is 4.74. The molecular formula is C13H20FNO. The molecule has 0 heterocycles. The highest BCUT2D eigenvalue weighted by Crippen LogP contribution is 2.22. The maximum absolute atomic E-state index is 13.6. The molecule has 0 unspecified atom stereocenters. The van der Waals surface area contributed by atoms with Crippen LogP contribution in [0.2, 0.25) is 0 Å². The quantitative estimate of drug-likeness (QED) is 0.830. The van der Waals surface area contributed by atoms with Crippen LogP contribution in [0.5, 0.6) is 5.75 Å². The summed E-state index contributed by atoms with van der Waals surface area (Å²) in [6, 6.07) is 5.64. The molecule has 1 N–H and O–H groups in total.